The van der Waals surface area contributed by atoms with E-state index in [1.165, 1.54) is 12.8 Å². The molecule has 1 saturated carbocycles. The highest BCUT2D eigenvalue weighted by molar-refractivity contribution is 5.86. The highest BCUT2D eigenvalue weighted by Gasteiger charge is 2.24. The third-order valence-electron chi connectivity index (χ3n) is 6.03. The van der Waals surface area contributed by atoms with Crippen LogP contribution in [-0.2, 0) is 7.05 Å². The van der Waals surface area contributed by atoms with Crippen LogP contribution in [0.2, 0.25) is 0 Å². The van der Waals surface area contributed by atoms with Crippen LogP contribution >= 0.6 is 0 Å². The molecule has 1 fully saturated rings. The second-order valence-corrected chi connectivity index (χ2v) is 9.05. The van der Waals surface area contributed by atoms with Crippen molar-refractivity contribution in [1.29, 1.82) is 5.26 Å². The fourth-order valence-corrected chi connectivity index (χ4v) is 3.97. The maximum Gasteiger partial charge on any atom is 0.219 e. The van der Waals surface area contributed by atoms with E-state index >= 15 is 0 Å². The number of nitrogens with two attached hydrogens (primary N) is 1. The lowest BCUT2D eigenvalue weighted by molar-refractivity contribution is 0.429. The maximum atomic E-state index is 9.47. The normalized spacial score (nSPS) is 22.2. The summed E-state index contributed by atoms with van der Waals surface area (Å²) in [4.78, 5) is 6.93. The van der Waals surface area contributed by atoms with Gasteiger partial charge in [-0.3, -0.25) is 4.99 Å². The summed E-state index contributed by atoms with van der Waals surface area (Å²) in [7, 11) is 3.93. The van der Waals surface area contributed by atoms with Gasteiger partial charge in [0.2, 0.25) is 5.88 Å². The van der Waals surface area contributed by atoms with Crippen LogP contribution in [0.25, 0.3) is 5.70 Å². The number of rotatable bonds is 8. The van der Waals surface area contributed by atoms with Crippen LogP contribution < -0.4 is 15.4 Å². The van der Waals surface area contributed by atoms with E-state index in [-0.39, 0.29) is 0 Å². The zero-order chi connectivity index (χ0) is 23.4. The molecule has 0 saturated heterocycles. The van der Waals surface area contributed by atoms with Gasteiger partial charge in [0.25, 0.3) is 0 Å². The van der Waals surface area contributed by atoms with Gasteiger partial charge < -0.3 is 15.4 Å². The van der Waals surface area contributed by atoms with Crippen LogP contribution in [0.4, 0.5) is 5.82 Å². The third kappa shape index (κ3) is 5.71. The number of nitrogens with zero attached hydrogens (tertiary/aromatic N) is 5. The second kappa shape index (κ2) is 10.1. The zero-order valence-corrected chi connectivity index (χ0v) is 19.7. The highest BCUT2D eigenvalue weighted by Crippen LogP contribution is 2.35. The van der Waals surface area contributed by atoms with Gasteiger partial charge in [-0.1, -0.05) is 19.1 Å². The molecule has 0 bridgehead atoms. The van der Waals surface area contributed by atoms with Crippen molar-refractivity contribution in [3.8, 4) is 17.7 Å². The van der Waals surface area contributed by atoms with Crippen molar-refractivity contribution in [2.75, 3.05) is 25.0 Å². The molecule has 4 rings (SSSR count). The average molecular weight is 445 g/mol. The van der Waals surface area contributed by atoms with Gasteiger partial charge in [0.05, 0.1) is 17.3 Å². The monoisotopic (exact) mass is 444 g/mol. The van der Waals surface area contributed by atoms with Gasteiger partial charge in [0.1, 0.15) is 5.75 Å². The molecule has 1 aromatic heterocycles. The summed E-state index contributed by atoms with van der Waals surface area (Å²) >= 11 is 0. The summed E-state index contributed by atoms with van der Waals surface area (Å²) in [5.41, 5.74) is 9.13. The van der Waals surface area contributed by atoms with E-state index in [2.05, 4.69) is 42.2 Å². The Balaban J connectivity index is 1.65. The Morgan fingerprint density at radius 1 is 1.30 bits per heavy atom. The second-order valence-electron chi connectivity index (χ2n) is 9.05. The number of nitriles is 1. The third-order valence-corrected chi connectivity index (χ3v) is 6.03. The molecule has 0 radical (unpaired) electrons. The number of aromatic nitrogens is 2. The maximum absolute atomic E-state index is 9.47. The van der Waals surface area contributed by atoms with Crippen LogP contribution in [0.5, 0.6) is 11.6 Å². The summed E-state index contributed by atoms with van der Waals surface area (Å²) in [5, 5.41) is 14.1. The summed E-state index contributed by atoms with van der Waals surface area (Å²) in [5.74, 6) is 3.25. The fourth-order valence-electron chi connectivity index (χ4n) is 3.97. The number of hydrogen-bond acceptors (Lipinski definition) is 6. The van der Waals surface area contributed by atoms with Gasteiger partial charge in [-0.2, -0.15) is 10.4 Å². The van der Waals surface area contributed by atoms with Gasteiger partial charge in [-0.15, -0.1) is 0 Å². The number of benzene rings is 1. The molecule has 0 unspecified atom stereocenters. The Morgan fingerprint density at radius 3 is 2.85 bits per heavy atom. The Labute approximate surface area is 195 Å². The number of aryl methyl sites for hydroxylation is 1. The molecule has 0 amide bonds. The predicted octanol–water partition coefficient (Wildman–Crippen LogP) is 4.66. The Hall–Kier alpha value is -3.37. The Kier molecular flexibility index (Phi) is 6.95. The van der Waals surface area contributed by atoms with Crippen molar-refractivity contribution in [2.45, 2.75) is 32.6 Å². The van der Waals surface area contributed by atoms with Crippen LogP contribution in [0, 0.1) is 23.2 Å². The first-order valence-corrected chi connectivity index (χ1v) is 11.6. The molecule has 1 atom stereocenters. The van der Waals surface area contributed by atoms with Crippen molar-refractivity contribution < 1.29 is 4.74 Å². The van der Waals surface area contributed by atoms with Gasteiger partial charge in [-0.05, 0) is 67.8 Å². The molecule has 7 heteroatoms. The average Bonchev–Trinajstić information content (AvgIpc) is 3.53. The lowest BCUT2D eigenvalue weighted by Gasteiger charge is -2.15. The zero-order valence-electron chi connectivity index (χ0n) is 19.7. The summed E-state index contributed by atoms with van der Waals surface area (Å²) in [6.45, 7) is 3.78. The largest absolute Gasteiger partial charge is 0.438 e. The SMILES string of the molecule is C[C@H]1\C=C(CCN)/C=N\C(c2ccc(C#N)cc2Oc2cc(N(C)CC3CC3)nn2C)=C\C1. The summed E-state index contributed by atoms with van der Waals surface area (Å²) in [6.07, 6.45) is 10.5. The van der Waals surface area contributed by atoms with Gasteiger partial charge in [-0.25, -0.2) is 4.68 Å². The highest BCUT2D eigenvalue weighted by atomic mass is 16.5. The smallest absolute Gasteiger partial charge is 0.219 e. The van der Waals surface area contributed by atoms with Crippen LogP contribution in [0.15, 0.2) is 47.0 Å². The van der Waals surface area contributed by atoms with E-state index in [4.69, 9.17) is 15.5 Å². The lowest BCUT2D eigenvalue weighted by Crippen LogP contribution is -2.20. The van der Waals surface area contributed by atoms with Crippen molar-refractivity contribution in [3.05, 3.63) is 53.1 Å². The molecule has 1 aromatic carbocycles. The number of allylic oxidation sites excluding steroid dienone is 2. The van der Waals surface area contributed by atoms with Crippen molar-refractivity contribution in [1.82, 2.24) is 9.78 Å². The van der Waals surface area contributed by atoms with Gasteiger partial charge in [0.15, 0.2) is 5.82 Å². The van der Waals surface area contributed by atoms with E-state index < -0.39 is 0 Å². The number of anilines is 1. The minimum absolute atomic E-state index is 0.387. The summed E-state index contributed by atoms with van der Waals surface area (Å²) < 4.78 is 8.07. The van der Waals surface area contributed by atoms with Crippen molar-refractivity contribution >= 4 is 17.7 Å². The minimum atomic E-state index is 0.387. The Morgan fingerprint density at radius 2 is 2.12 bits per heavy atom. The van der Waals surface area contributed by atoms with E-state index in [0.717, 1.165) is 48.0 Å². The molecule has 2 N–H and O–H groups in total. The van der Waals surface area contributed by atoms with E-state index in [1.54, 1.807) is 16.8 Å². The molecule has 7 nitrogen and oxygen atoms in total. The first-order valence-electron chi connectivity index (χ1n) is 11.6. The number of ether oxygens (including phenoxy) is 1. The van der Waals surface area contributed by atoms with E-state index in [1.807, 2.05) is 25.4 Å². The molecule has 0 spiro atoms. The molecule has 2 aliphatic rings. The van der Waals surface area contributed by atoms with Crippen LogP contribution in [0.3, 0.4) is 0 Å². The number of hydrogen-bond donors (Lipinski definition) is 1. The van der Waals surface area contributed by atoms with Gasteiger partial charge >= 0.3 is 0 Å². The topological polar surface area (TPSA) is 92.5 Å². The quantitative estimate of drug-likeness (QED) is 0.639. The number of aliphatic imine (C=N–C) groups is 1. The molecule has 2 heterocycles. The van der Waals surface area contributed by atoms with E-state index in [9.17, 15) is 5.26 Å². The minimum Gasteiger partial charge on any atom is -0.438 e. The van der Waals surface area contributed by atoms with E-state index in [0.29, 0.717) is 29.7 Å². The molecule has 172 valence electrons. The molecule has 33 heavy (non-hydrogen) atoms. The summed E-state index contributed by atoms with van der Waals surface area (Å²) in [6, 6.07) is 9.64. The first-order chi connectivity index (χ1) is 16.0. The van der Waals surface area contributed by atoms with Crippen molar-refractivity contribution in [3.63, 3.8) is 0 Å². The standard InChI is InChI=1S/C26H32N6O/c1-18-4-9-23(29-16-21(12-18)10-11-27)22-8-7-20(15-28)13-24(22)33-26-14-25(30-32(26)3)31(2)17-19-5-6-19/h7-9,12-14,16,18-19H,4-6,10-11,17,27H2,1-3H3/b21-12-,23-9+,29-16-/t18-/m1/s1. The fraction of sp³-hybridized carbons (Fsp3) is 0.423. The molecular formula is C26H32N6O. The Bertz CT molecular complexity index is 1130. The van der Waals surface area contributed by atoms with Crippen LogP contribution in [-0.4, -0.2) is 36.1 Å². The molecule has 1 aliphatic heterocycles. The van der Waals surface area contributed by atoms with Crippen molar-refractivity contribution in [2.24, 2.45) is 29.6 Å². The lowest BCUT2D eigenvalue weighted by atomic mass is 9.99. The van der Waals surface area contributed by atoms with Crippen LogP contribution in [0.1, 0.15) is 43.7 Å². The van der Waals surface area contributed by atoms with Gasteiger partial charge in [0, 0.05) is 38.5 Å². The molecular weight excluding hydrogens is 412 g/mol. The first kappa shape index (κ1) is 22.8. The predicted molar refractivity (Wildman–Crippen MR) is 132 cm³/mol. The molecule has 2 aromatic rings. The molecule has 1 aliphatic carbocycles.